The van der Waals surface area contributed by atoms with E-state index in [0.717, 1.165) is 16.8 Å². The SMILES string of the molecule is CCOc1cc(CNc2cccc(CCC(=O)O)c2)cc(Cl)c1OC. The first-order valence-corrected chi connectivity index (χ1v) is 8.45. The van der Waals surface area contributed by atoms with E-state index in [1.807, 2.05) is 43.3 Å². The van der Waals surface area contributed by atoms with E-state index in [4.69, 9.17) is 26.2 Å². The largest absolute Gasteiger partial charge is 0.491 e. The molecule has 134 valence electrons. The van der Waals surface area contributed by atoms with Crippen LogP contribution in [0.5, 0.6) is 11.5 Å². The molecule has 0 fully saturated rings. The quantitative estimate of drug-likeness (QED) is 0.692. The Morgan fingerprint density at radius 1 is 1.24 bits per heavy atom. The minimum Gasteiger partial charge on any atom is -0.491 e. The van der Waals surface area contributed by atoms with Gasteiger partial charge in [0, 0.05) is 18.7 Å². The first kappa shape index (κ1) is 18.9. The molecule has 0 aromatic heterocycles. The van der Waals surface area contributed by atoms with Crippen molar-refractivity contribution in [3.63, 3.8) is 0 Å². The van der Waals surface area contributed by atoms with Crippen molar-refractivity contribution in [2.24, 2.45) is 0 Å². The molecular weight excluding hydrogens is 342 g/mol. The maximum atomic E-state index is 10.7. The number of hydrogen-bond acceptors (Lipinski definition) is 4. The Morgan fingerprint density at radius 2 is 2.04 bits per heavy atom. The molecule has 0 atom stereocenters. The van der Waals surface area contributed by atoms with Crippen LogP contribution in [0.1, 0.15) is 24.5 Å². The third-order valence-corrected chi connectivity index (χ3v) is 3.91. The second kappa shape index (κ2) is 9.18. The van der Waals surface area contributed by atoms with Crippen molar-refractivity contribution in [1.29, 1.82) is 0 Å². The number of anilines is 1. The Kier molecular flexibility index (Phi) is 6.95. The molecule has 0 radical (unpaired) electrons. The fraction of sp³-hybridized carbons (Fsp3) is 0.316. The highest BCUT2D eigenvalue weighted by Crippen LogP contribution is 2.36. The molecule has 2 aromatic rings. The summed E-state index contributed by atoms with van der Waals surface area (Å²) < 4.78 is 10.9. The summed E-state index contributed by atoms with van der Waals surface area (Å²) in [6, 6.07) is 11.5. The zero-order valence-electron chi connectivity index (χ0n) is 14.3. The van der Waals surface area contributed by atoms with Gasteiger partial charge in [-0.1, -0.05) is 23.7 Å². The highest BCUT2D eigenvalue weighted by Gasteiger charge is 2.11. The van der Waals surface area contributed by atoms with Crippen molar-refractivity contribution < 1.29 is 19.4 Å². The van der Waals surface area contributed by atoms with Crippen LogP contribution in [0.2, 0.25) is 5.02 Å². The highest BCUT2D eigenvalue weighted by molar-refractivity contribution is 6.32. The molecule has 0 aliphatic rings. The van der Waals surface area contributed by atoms with Gasteiger partial charge in [0.1, 0.15) is 0 Å². The van der Waals surface area contributed by atoms with E-state index in [1.54, 1.807) is 7.11 Å². The summed E-state index contributed by atoms with van der Waals surface area (Å²) >= 11 is 6.26. The number of halogens is 1. The van der Waals surface area contributed by atoms with Gasteiger partial charge in [-0.25, -0.2) is 0 Å². The van der Waals surface area contributed by atoms with Crippen LogP contribution in [0.4, 0.5) is 5.69 Å². The number of nitrogens with one attached hydrogen (secondary N) is 1. The molecule has 2 rings (SSSR count). The number of hydrogen-bond donors (Lipinski definition) is 2. The third-order valence-electron chi connectivity index (χ3n) is 3.62. The molecule has 25 heavy (non-hydrogen) atoms. The number of carboxylic acid groups (broad SMARTS) is 1. The normalized spacial score (nSPS) is 10.4. The molecule has 0 aliphatic carbocycles. The molecule has 0 saturated carbocycles. The van der Waals surface area contributed by atoms with Gasteiger partial charge in [0.2, 0.25) is 0 Å². The monoisotopic (exact) mass is 363 g/mol. The first-order valence-electron chi connectivity index (χ1n) is 8.07. The minimum absolute atomic E-state index is 0.120. The summed E-state index contributed by atoms with van der Waals surface area (Å²) in [6.07, 6.45) is 0.628. The summed E-state index contributed by atoms with van der Waals surface area (Å²) in [4.78, 5) is 10.7. The first-order chi connectivity index (χ1) is 12.0. The van der Waals surface area contributed by atoms with Crippen LogP contribution >= 0.6 is 11.6 Å². The molecule has 0 unspecified atom stereocenters. The van der Waals surface area contributed by atoms with Crippen LogP contribution in [0.15, 0.2) is 36.4 Å². The van der Waals surface area contributed by atoms with Crippen LogP contribution in [-0.2, 0) is 17.8 Å². The molecule has 6 heteroatoms. The maximum Gasteiger partial charge on any atom is 0.303 e. The lowest BCUT2D eigenvalue weighted by Gasteiger charge is -2.14. The number of ether oxygens (including phenoxy) is 2. The van der Waals surface area contributed by atoms with Crippen molar-refractivity contribution in [2.75, 3.05) is 19.0 Å². The number of benzene rings is 2. The van der Waals surface area contributed by atoms with Gasteiger partial charge in [-0.3, -0.25) is 4.79 Å². The molecule has 0 spiro atoms. The lowest BCUT2D eigenvalue weighted by molar-refractivity contribution is -0.136. The minimum atomic E-state index is -0.797. The Labute approximate surface area is 152 Å². The van der Waals surface area contributed by atoms with Gasteiger partial charge < -0.3 is 19.9 Å². The van der Waals surface area contributed by atoms with Crippen molar-refractivity contribution in [1.82, 2.24) is 0 Å². The number of carbonyl (C=O) groups is 1. The summed E-state index contributed by atoms with van der Waals surface area (Å²) in [5.74, 6) is 0.349. The topological polar surface area (TPSA) is 67.8 Å². The summed E-state index contributed by atoms with van der Waals surface area (Å²) in [5.41, 5.74) is 2.87. The van der Waals surface area contributed by atoms with Crippen LogP contribution in [-0.4, -0.2) is 24.8 Å². The van der Waals surface area contributed by atoms with Crippen molar-refractivity contribution in [2.45, 2.75) is 26.3 Å². The van der Waals surface area contributed by atoms with Gasteiger partial charge in [-0.15, -0.1) is 0 Å². The van der Waals surface area contributed by atoms with Gasteiger partial charge in [-0.2, -0.15) is 0 Å². The van der Waals surface area contributed by atoms with E-state index in [2.05, 4.69) is 5.32 Å². The van der Waals surface area contributed by atoms with Gasteiger partial charge in [0.25, 0.3) is 0 Å². The van der Waals surface area contributed by atoms with E-state index in [-0.39, 0.29) is 6.42 Å². The predicted molar refractivity (Wildman–Crippen MR) is 98.9 cm³/mol. The average Bonchev–Trinajstić information content (AvgIpc) is 2.59. The standard InChI is InChI=1S/C19H22ClNO4/c1-3-25-17-11-14(10-16(20)19(17)24-2)12-21-15-6-4-5-13(9-15)7-8-18(22)23/h4-6,9-11,21H,3,7-8,12H2,1-2H3,(H,22,23). The second-order valence-corrected chi connectivity index (χ2v) is 5.90. The van der Waals surface area contributed by atoms with Gasteiger partial charge in [0.15, 0.2) is 11.5 Å². The number of methoxy groups -OCH3 is 1. The third kappa shape index (κ3) is 5.57. The molecule has 2 N–H and O–H groups in total. The molecule has 2 aromatic carbocycles. The zero-order valence-corrected chi connectivity index (χ0v) is 15.1. The Morgan fingerprint density at radius 3 is 2.72 bits per heavy atom. The van der Waals surface area contributed by atoms with Crippen molar-refractivity contribution >= 4 is 23.3 Å². The van der Waals surface area contributed by atoms with Gasteiger partial charge in [0.05, 0.1) is 18.7 Å². The van der Waals surface area contributed by atoms with Crippen LogP contribution in [0, 0.1) is 0 Å². The van der Waals surface area contributed by atoms with Crippen LogP contribution in [0.25, 0.3) is 0 Å². The van der Waals surface area contributed by atoms with Gasteiger partial charge in [-0.05, 0) is 48.7 Å². The number of carboxylic acids is 1. The number of rotatable bonds is 9. The maximum absolute atomic E-state index is 10.7. The zero-order chi connectivity index (χ0) is 18.2. The van der Waals surface area contributed by atoms with Crippen molar-refractivity contribution in [3.8, 4) is 11.5 Å². The van der Waals surface area contributed by atoms with Gasteiger partial charge >= 0.3 is 5.97 Å². The second-order valence-electron chi connectivity index (χ2n) is 5.49. The molecule has 0 aliphatic heterocycles. The molecule has 5 nitrogen and oxygen atoms in total. The summed E-state index contributed by atoms with van der Waals surface area (Å²) in [7, 11) is 1.56. The molecule has 0 saturated heterocycles. The Hall–Kier alpha value is -2.40. The van der Waals surface area contributed by atoms with E-state index < -0.39 is 5.97 Å². The Bertz CT molecular complexity index is 733. The summed E-state index contributed by atoms with van der Waals surface area (Å²) in [6.45, 7) is 2.99. The smallest absolute Gasteiger partial charge is 0.303 e. The fourth-order valence-electron chi connectivity index (χ4n) is 2.48. The average molecular weight is 364 g/mol. The number of aryl methyl sites for hydroxylation is 1. The van der Waals surface area contributed by atoms with E-state index in [9.17, 15) is 4.79 Å². The lowest BCUT2D eigenvalue weighted by atomic mass is 10.1. The highest BCUT2D eigenvalue weighted by atomic mass is 35.5. The van der Waals surface area contributed by atoms with E-state index in [1.165, 1.54) is 0 Å². The Balaban J connectivity index is 2.08. The fourth-order valence-corrected chi connectivity index (χ4v) is 2.79. The molecular formula is C19H22ClNO4. The van der Waals surface area contributed by atoms with Crippen LogP contribution in [0.3, 0.4) is 0 Å². The molecule has 0 amide bonds. The number of aliphatic carboxylic acids is 1. The predicted octanol–water partition coefficient (Wildman–Crippen LogP) is 4.38. The molecule has 0 bridgehead atoms. The lowest BCUT2D eigenvalue weighted by Crippen LogP contribution is -2.03. The van der Waals surface area contributed by atoms with Crippen LogP contribution < -0.4 is 14.8 Å². The van der Waals surface area contributed by atoms with E-state index >= 15 is 0 Å². The van der Waals surface area contributed by atoms with Crippen molar-refractivity contribution in [3.05, 3.63) is 52.5 Å². The molecule has 0 heterocycles. The summed E-state index contributed by atoms with van der Waals surface area (Å²) in [5, 5.41) is 12.6. The van der Waals surface area contributed by atoms with E-state index in [0.29, 0.717) is 36.1 Å².